The van der Waals surface area contributed by atoms with Crippen molar-refractivity contribution in [2.45, 2.75) is 13.5 Å². The van der Waals surface area contributed by atoms with E-state index in [1.54, 1.807) is 4.57 Å². The maximum atomic E-state index is 12.7. The van der Waals surface area contributed by atoms with E-state index in [1.165, 1.54) is 10.9 Å². The number of hydrogen-bond donors (Lipinski definition) is 0. The fraction of sp³-hybridized carbons (Fsp3) is 0.143. The van der Waals surface area contributed by atoms with Crippen molar-refractivity contribution in [3.63, 3.8) is 0 Å². The Hall–Kier alpha value is -3.14. The smallest absolute Gasteiger partial charge is 0.261 e. The maximum absolute atomic E-state index is 12.7. The molecule has 0 aliphatic heterocycles. The highest BCUT2D eigenvalue weighted by Crippen LogP contribution is 2.22. The van der Waals surface area contributed by atoms with Crippen molar-refractivity contribution < 1.29 is 0 Å². The molecule has 0 aliphatic carbocycles. The van der Waals surface area contributed by atoms with Gasteiger partial charge < -0.3 is 4.57 Å². The summed E-state index contributed by atoms with van der Waals surface area (Å²) in [5.74, 6) is 0.680. The first kappa shape index (κ1) is 15.4. The average molecular weight is 329 g/mol. The second-order valence-electron chi connectivity index (χ2n) is 6.08. The van der Waals surface area contributed by atoms with E-state index in [2.05, 4.69) is 27.9 Å². The molecule has 124 valence electrons. The first-order chi connectivity index (χ1) is 12.2. The molecule has 0 radical (unpaired) electrons. The summed E-state index contributed by atoms with van der Waals surface area (Å²) in [6.07, 6.45) is 6.06. The molecule has 4 aromatic rings. The minimum atomic E-state index is 0.00525. The minimum Gasteiger partial charge on any atom is -0.350 e. The van der Waals surface area contributed by atoms with Gasteiger partial charge in [-0.25, -0.2) is 4.98 Å². The van der Waals surface area contributed by atoms with Crippen molar-refractivity contribution in [1.29, 1.82) is 0 Å². The van der Waals surface area contributed by atoms with Gasteiger partial charge in [-0.1, -0.05) is 30.3 Å². The third-order valence-corrected chi connectivity index (χ3v) is 4.55. The summed E-state index contributed by atoms with van der Waals surface area (Å²) in [6.45, 7) is 2.55. The van der Waals surface area contributed by atoms with E-state index in [9.17, 15) is 4.79 Å². The Kier molecular flexibility index (Phi) is 3.73. The number of fused-ring (bicyclic) bond motifs is 2. The van der Waals surface area contributed by atoms with E-state index in [-0.39, 0.29) is 5.56 Å². The molecule has 0 aliphatic rings. The zero-order chi connectivity index (χ0) is 17.4. The Morgan fingerprint density at radius 1 is 1.00 bits per heavy atom. The van der Waals surface area contributed by atoms with Gasteiger partial charge in [0.25, 0.3) is 5.56 Å². The quantitative estimate of drug-likeness (QED) is 0.568. The minimum absolute atomic E-state index is 0.00525. The number of para-hydroxylation sites is 2. The number of nitrogens with zero attached hydrogens (tertiary/aromatic N) is 3. The lowest BCUT2D eigenvalue weighted by molar-refractivity contribution is 0.708. The lowest BCUT2D eigenvalue weighted by atomic mass is 10.1. The Morgan fingerprint density at radius 3 is 2.52 bits per heavy atom. The average Bonchev–Trinajstić information content (AvgIpc) is 2.96. The van der Waals surface area contributed by atoms with Gasteiger partial charge in [0.2, 0.25) is 0 Å². The van der Waals surface area contributed by atoms with Crippen LogP contribution in [0.2, 0.25) is 0 Å². The van der Waals surface area contributed by atoms with E-state index in [4.69, 9.17) is 0 Å². The van der Waals surface area contributed by atoms with E-state index in [0.717, 1.165) is 11.1 Å². The zero-order valence-electron chi connectivity index (χ0n) is 14.3. The van der Waals surface area contributed by atoms with Crippen LogP contribution in [0.15, 0.2) is 59.5 Å². The molecule has 0 unspecified atom stereocenters. The van der Waals surface area contributed by atoms with Crippen LogP contribution < -0.4 is 5.56 Å². The normalized spacial score (nSPS) is 11.8. The molecule has 25 heavy (non-hydrogen) atoms. The molecule has 2 aromatic carbocycles. The predicted octanol–water partition coefficient (Wildman–Crippen LogP) is 4.08. The third-order valence-electron chi connectivity index (χ3n) is 4.55. The van der Waals surface area contributed by atoms with Crippen LogP contribution in [0.4, 0.5) is 0 Å². The van der Waals surface area contributed by atoms with Gasteiger partial charge in [0.1, 0.15) is 5.82 Å². The number of benzene rings is 2. The van der Waals surface area contributed by atoms with Gasteiger partial charge in [-0.05, 0) is 37.3 Å². The summed E-state index contributed by atoms with van der Waals surface area (Å²) >= 11 is 0. The summed E-state index contributed by atoms with van der Waals surface area (Å²) in [5, 5.41) is 1.85. The SMILES string of the molecule is CCn1c(/C=C/c2cn(C)c3ccccc23)nc2ccccc2c1=O. The summed E-state index contributed by atoms with van der Waals surface area (Å²) in [6, 6.07) is 15.8. The largest absolute Gasteiger partial charge is 0.350 e. The molecule has 2 aromatic heterocycles. The molecule has 4 nitrogen and oxygen atoms in total. The molecular formula is C21H19N3O. The second kappa shape index (κ2) is 6.06. The Bertz CT molecular complexity index is 1160. The Morgan fingerprint density at radius 2 is 1.72 bits per heavy atom. The second-order valence-corrected chi connectivity index (χ2v) is 6.08. The van der Waals surface area contributed by atoms with E-state index in [0.29, 0.717) is 17.8 Å². The topological polar surface area (TPSA) is 39.8 Å². The van der Waals surface area contributed by atoms with Gasteiger partial charge in [0.05, 0.1) is 10.9 Å². The molecule has 0 spiro atoms. The van der Waals surface area contributed by atoms with Crippen molar-refractivity contribution >= 4 is 34.0 Å². The van der Waals surface area contributed by atoms with E-state index >= 15 is 0 Å². The molecular weight excluding hydrogens is 310 g/mol. The summed E-state index contributed by atoms with van der Waals surface area (Å²) in [7, 11) is 2.04. The molecule has 0 atom stereocenters. The van der Waals surface area contributed by atoms with Crippen LogP contribution in [0.5, 0.6) is 0 Å². The fourth-order valence-electron chi connectivity index (χ4n) is 3.29. The Balaban J connectivity index is 1.87. The number of rotatable bonds is 3. The first-order valence-electron chi connectivity index (χ1n) is 8.40. The molecule has 0 N–H and O–H groups in total. The van der Waals surface area contributed by atoms with Crippen molar-refractivity contribution in [2.75, 3.05) is 0 Å². The highest BCUT2D eigenvalue weighted by Gasteiger charge is 2.08. The van der Waals surface area contributed by atoms with E-state index < -0.39 is 0 Å². The highest BCUT2D eigenvalue weighted by atomic mass is 16.1. The first-order valence-corrected chi connectivity index (χ1v) is 8.40. The number of aryl methyl sites for hydroxylation is 1. The van der Waals surface area contributed by atoms with Gasteiger partial charge >= 0.3 is 0 Å². The maximum Gasteiger partial charge on any atom is 0.261 e. The van der Waals surface area contributed by atoms with Crippen LogP contribution in [0, 0.1) is 0 Å². The van der Waals surface area contributed by atoms with Gasteiger partial charge in [0.15, 0.2) is 0 Å². The molecule has 0 bridgehead atoms. The molecule has 0 fully saturated rings. The lowest BCUT2D eigenvalue weighted by Gasteiger charge is -2.08. The molecule has 0 amide bonds. The zero-order valence-corrected chi connectivity index (χ0v) is 14.3. The molecule has 2 heterocycles. The van der Waals surface area contributed by atoms with Crippen molar-refractivity contribution in [1.82, 2.24) is 14.1 Å². The third kappa shape index (κ3) is 2.56. The van der Waals surface area contributed by atoms with Gasteiger partial charge in [0, 0.05) is 36.3 Å². The van der Waals surface area contributed by atoms with Crippen LogP contribution in [0.3, 0.4) is 0 Å². The Labute approximate surface area is 145 Å². The molecule has 0 saturated heterocycles. The van der Waals surface area contributed by atoms with Gasteiger partial charge in [-0.15, -0.1) is 0 Å². The van der Waals surface area contributed by atoms with Crippen LogP contribution >= 0.6 is 0 Å². The number of hydrogen-bond acceptors (Lipinski definition) is 2. The van der Waals surface area contributed by atoms with Crippen LogP contribution in [-0.4, -0.2) is 14.1 Å². The van der Waals surface area contributed by atoms with Gasteiger partial charge in [-0.3, -0.25) is 9.36 Å². The van der Waals surface area contributed by atoms with Crippen molar-refractivity contribution in [2.24, 2.45) is 7.05 Å². The van der Waals surface area contributed by atoms with Crippen molar-refractivity contribution in [3.8, 4) is 0 Å². The van der Waals surface area contributed by atoms with Gasteiger partial charge in [-0.2, -0.15) is 0 Å². The molecule has 4 heteroatoms. The highest BCUT2D eigenvalue weighted by molar-refractivity contribution is 5.92. The predicted molar refractivity (Wildman–Crippen MR) is 104 cm³/mol. The van der Waals surface area contributed by atoms with Crippen molar-refractivity contribution in [3.05, 3.63) is 76.5 Å². The summed E-state index contributed by atoms with van der Waals surface area (Å²) in [5.41, 5.74) is 3.03. The van der Waals surface area contributed by atoms with Crippen LogP contribution in [0.25, 0.3) is 34.0 Å². The van der Waals surface area contributed by atoms with Crippen LogP contribution in [-0.2, 0) is 13.6 Å². The van der Waals surface area contributed by atoms with Crippen LogP contribution in [0.1, 0.15) is 18.3 Å². The lowest BCUT2D eigenvalue weighted by Crippen LogP contribution is -2.22. The fourth-order valence-corrected chi connectivity index (χ4v) is 3.29. The summed E-state index contributed by atoms with van der Waals surface area (Å²) in [4.78, 5) is 17.4. The standard InChI is InChI=1S/C21H19N3O/c1-3-24-20(22-18-10-6-4-9-17(18)21(24)25)13-12-15-14-23(2)19-11-7-5-8-16(15)19/h4-14H,3H2,1-2H3/b13-12+. The summed E-state index contributed by atoms with van der Waals surface area (Å²) < 4.78 is 3.82. The van der Waals surface area contributed by atoms with E-state index in [1.807, 2.05) is 62.5 Å². The number of aromatic nitrogens is 3. The monoisotopic (exact) mass is 329 g/mol. The molecule has 0 saturated carbocycles. The molecule has 4 rings (SSSR count).